The molecule has 0 saturated carbocycles. The van der Waals surface area contributed by atoms with E-state index in [1.165, 1.54) is 23.8 Å². The molecular weight excluding hydrogens is 382 g/mol. The Kier molecular flexibility index (Phi) is 4.73. The van der Waals surface area contributed by atoms with E-state index in [4.69, 9.17) is 0 Å². The highest BCUT2D eigenvalue weighted by atomic mass is 32.2. The Bertz CT molecular complexity index is 1070. The van der Waals surface area contributed by atoms with Crippen LogP contribution in [0.1, 0.15) is 21.6 Å². The highest BCUT2D eigenvalue weighted by molar-refractivity contribution is 7.80. The third-order valence-electron chi connectivity index (χ3n) is 4.90. The molecule has 0 radical (unpaired) electrons. The molecular formula is C18H19N5O4S. The molecule has 2 aromatic heterocycles. The lowest BCUT2D eigenvalue weighted by Crippen LogP contribution is -2.31. The second kappa shape index (κ2) is 7.21. The van der Waals surface area contributed by atoms with Gasteiger partial charge in [-0.05, 0) is 18.2 Å². The van der Waals surface area contributed by atoms with Gasteiger partial charge in [0.2, 0.25) is 5.95 Å². The summed E-state index contributed by atoms with van der Waals surface area (Å²) in [6, 6.07) is 5.63. The average Bonchev–Trinajstić information content (AvgIpc) is 3.09. The van der Waals surface area contributed by atoms with Crippen LogP contribution in [0.5, 0.6) is 0 Å². The van der Waals surface area contributed by atoms with Gasteiger partial charge in [0.15, 0.2) is 0 Å². The molecule has 0 spiro atoms. The van der Waals surface area contributed by atoms with Crippen molar-refractivity contribution in [3.63, 3.8) is 0 Å². The van der Waals surface area contributed by atoms with Crippen molar-refractivity contribution in [2.45, 2.75) is 13.0 Å². The third-order valence-corrected chi connectivity index (χ3v) is 5.58. The molecule has 0 amide bonds. The summed E-state index contributed by atoms with van der Waals surface area (Å²) in [4.78, 5) is 25.6. The minimum atomic E-state index is -2.08. The number of fused-ring (bicyclic) bond motifs is 3. The minimum Gasteiger partial charge on any atom is -0.465 e. The highest BCUT2D eigenvalue weighted by Gasteiger charge is 2.23. The predicted octanol–water partition coefficient (Wildman–Crippen LogP) is 1.88. The summed E-state index contributed by atoms with van der Waals surface area (Å²) in [7, 11) is 2.89. The number of H-pyrrole nitrogens is 1. The van der Waals surface area contributed by atoms with Crippen molar-refractivity contribution in [1.82, 2.24) is 15.0 Å². The van der Waals surface area contributed by atoms with E-state index in [0.29, 0.717) is 23.7 Å². The van der Waals surface area contributed by atoms with E-state index in [2.05, 4.69) is 19.7 Å². The lowest BCUT2D eigenvalue weighted by molar-refractivity contribution is 0.0599. The zero-order chi connectivity index (χ0) is 19.8. The Morgan fingerprint density at radius 3 is 2.79 bits per heavy atom. The van der Waals surface area contributed by atoms with Gasteiger partial charge in [-0.3, -0.25) is 8.86 Å². The maximum atomic E-state index is 11.5. The first kappa shape index (κ1) is 18.4. The molecule has 0 bridgehead atoms. The number of nitrogens with zero attached hydrogens (tertiary/aromatic N) is 4. The summed E-state index contributed by atoms with van der Waals surface area (Å²) in [5.74, 6) is 0.0689. The molecule has 0 saturated heterocycles. The van der Waals surface area contributed by atoms with Gasteiger partial charge in [-0.25, -0.2) is 19.0 Å². The summed E-state index contributed by atoms with van der Waals surface area (Å²) in [5, 5.41) is 1.00. The van der Waals surface area contributed by atoms with Crippen LogP contribution < -0.4 is 9.21 Å². The first-order chi connectivity index (χ1) is 13.5. The van der Waals surface area contributed by atoms with E-state index in [-0.39, 0.29) is 0 Å². The molecule has 0 fully saturated rings. The molecule has 0 aliphatic carbocycles. The number of hydrogen-bond donors (Lipinski definition) is 2. The van der Waals surface area contributed by atoms with Gasteiger partial charge in [0, 0.05) is 61.1 Å². The molecule has 2 N–H and O–H groups in total. The average molecular weight is 401 g/mol. The Balaban J connectivity index is 1.65. The number of nitrogens with one attached hydrogen (secondary N) is 1. The van der Waals surface area contributed by atoms with Gasteiger partial charge in [-0.1, -0.05) is 0 Å². The number of carbonyl (C=O) groups excluding carboxylic acids is 1. The van der Waals surface area contributed by atoms with E-state index >= 15 is 0 Å². The number of rotatable bonds is 4. The normalized spacial score (nSPS) is 14.6. The van der Waals surface area contributed by atoms with Gasteiger partial charge in [0.25, 0.3) is 11.3 Å². The minimum absolute atomic E-state index is 0.306. The van der Waals surface area contributed by atoms with E-state index in [1.807, 2.05) is 23.1 Å². The topological polar surface area (TPSA) is 112 Å². The molecule has 1 unspecified atom stereocenters. The fourth-order valence-corrected chi connectivity index (χ4v) is 3.66. The fourth-order valence-electron chi connectivity index (χ4n) is 3.37. The van der Waals surface area contributed by atoms with Crippen LogP contribution in [-0.4, -0.2) is 50.4 Å². The second-order valence-electron chi connectivity index (χ2n) is 6.48. The number of carbonyl (C=O) groups is 1. The summed E-state index contributed by atoms with van der Waals surface area (Å²) in [5.41, 5.74) is 4.20. The van der Waals surface area contributed by atoms with E-state index in [0.717, 1.165) is 35.1 Å². The van der Waals surface area contributed by atoms with Crippen LogP contribution in [0.25, 0.3) is 10.9 Å². The van der Waals surface area contributed by atoms with Crippen LogP contribution >= 0.6 is 0 Å². The van der Waals surface area contributed by atoms with Crippen molar-refractivity contribution in [2.24, 2.45) is 0 Å². The molecule has 3 aromatic rings. The molecule has 146 valence electrons. The molecule has 1 aromatic carbocycles. The van der Waals surface area contributed by atoms with Crippen LogP contribution in [-0.2, 0) is 29.0 Å². The summed E-state index contributed by atoms with van der Waals surface area (Å²) >= 11 is -2.08. The van der Waals surface area contributed by atoms with E-state index < -0.39 is 17.2 Å². The number of aromatic nitrogens is 3. The Hall–Kier alpha value is -2.98. The molecule has 3 heterocycles. The van der Waals surface area contributed by atoms with E-state index in [1.54, 1.807) is 7.05 Å². The SMILES string of the molecule is COC(=O)c1cnc(N2CCc3[nH]c4ccc(N(C)S(=O)O)cc4c3C2)nc1. The lowest BCUT2D eigenvalue weighted by Gasteiger charge is -2.27. The van der Waals surface area contributed by atoms with Crippen molar-refractivity contribution in [3.8, 4) is 0 Å². The van der Waals surface area contributed by atoms with Crippen LogP contribution in [0, 0.1) is 0 Å². The number of aromatic amines is 1. The van der Waals surface area contributed by atoms with Crippen LogP contribution in [0.15, 0.2) is 30.6 Å². The smallest absolute Gasteiger partial charge is 0.341 e. The molecule has 4 rings (SSSR count). The largest absolute Gasteiger partial charge is 0.465 e. The maximum Gasteiger partial charge on any atom is 0.341 e. The Labute approximate surface area is 163 Å². The second-order valence-corrected chi connectivity index (χ2v) is 7.48. The molecule has 10 heteroatoms. The molecule has 1 aliphatic heterocycles. The first-order valence-corrected chi connectivity index (χ1v) is 9.67. The number of methoxy groups -OCH3 is 1. The predicted molar refractivity (Wildman–Crippen MR) is 106 cm³/mol. The molecule has 1 atom stereocenters. The zero-order valence-corrected chi connectivity index (χ0v) is 16.2. The number of esters is 1. The van der Waals surface area contributed by atoms with Crippen LogP contribution in [0.3, 0.4) is 0 Å². The maximum absolute atomic E-state index is 11.5. The van der Waals surface area contributed by atoms with Gasteiger partial charge < -0.3 is 14.6 Å². The lowest BCUT2D eigenvalue weighted by atomic mass is 10.0. The Morgan fingerprint density at radius 2 is 2.11 bits per heavy atom. The van der Waals surface area contributed by atoms with Crippen molar-refractivity contribution < 1.29 is 18.3 Å². The summed E-state index contributed by atoms with van der Waals surface area (Å²) in [6.07, 6.45) is 3.72. The molecule has 9 nitrogen and oxygen atoms in total. The number of ether oxygens (including phenoxy) is 1. The van der Waals surface area contributed by atoms with Crippen LogP contribution in [0.2, 0.25) is 0 Å². The van der Waals surface area contributed by atoms with Gasteiger partial charge in [-0.2, -0.15) is 0 Å². The summed E-state index contributed by atoms with van der Waals surface area (Å²) < 4.78 is 26.7. The van der Waals surface area contributed by atoms with Gasteiger partial charge in [0.1, 0.15) is 0 Å². The highest BCUT2D eigenvalue weighted by Crippen LogP contribution is 2.31. The Morgan fingerprint density at radius 1 is 1.36 bits per heavy atom. The van der Waals surface area contributed by atoms with Crippen molar-refractivity contribution in [1.29, 1.82) is 0 Å². The molecule has 1 aliphatic rings. The van der Waals surface area contributed by atoms with Crippen molar-refractivity contribution in [3.05, 3.63) is 47.4 Å². The standard InChI is InChI=1S/C18H19N5O4S/c1-22(28(25)26)12-3-4-15-13(7-12)14-10-23(6-5-16(14)21-15)18-19-8-11(9-20-18)17(24)27-2/h3-4,7-9,21H,5-6,10H2,1-2H3,(H,25,26). The van der Waals surface area contributed by atoms with Crippen LogP contribution in [0.4, 0.5) is 11.6 Å². The fraction of sp³-hybridized carbons (Fsp3) is 0.278. The van der Waals surface area contributed by atoms with Gasteiger partial charge >= 0.3 is 5.97 Å². The quantitative estimate of drug-likeness (QED) is 0.507. The summed E-state index contributed by atoms with van der Waals surface area (Å²) in [6.45, 7) is 1.34. The zero-order valence-electron chi connectivity index (χ0n) is 15.4. The number of anilines is 2. The van der Waals surface area contributed by atoms with Crippen molar-refractivity contribution >= 4 is 39.8 Å². The number of benzene rings is 1. The van der Waals surface area contributed by atoms with Gasteiger partial charge in [-0.15, -0.1) is 0 Å². The first-order valence-electron chi connectivity index (χ1n) is 8.61. The van der Waals surface area contributed by atoms with Crippen molar-refractivity contribution in [2.75, 3.05) is 29.9 Å². The van der Waals surface area contributed by atoms with E-state index in [9.17, 15) is 13.6 Å². The number of hydrogen-bond acceptors (Lipinski definition) is 6. The van der Waals surface area contributed by atoms with Gasteiger partial charge in [0.05, 0.1) is 18.4 Å². The molecule has 28 heavy (non-hydrogen) atoms. The monoisotopic (exact) mass is 401 g/mol. The third kappa shape index (κ3) is 3.20.